The standard InChI is InChI=1S/C17H13N3O2S/c1-10-3-5-12(6-4-10)16-11(2)19-14-8-7-13(20(21)22)9-15(14)23-17(19)18-16/h3-9H,1-2H3. The Morgan fingerprint density at radius 1 is 1.13 bits per heavy atom. The molecule has 0 N–H and O–H groups in total. The van der Waals surface area contributed by atoms with Crippen LogP contribution in [0.4, 0.5) is 5.69 Å². The minimum Gasteiger partial charge on any atom is -0.287 e. The van der Waals surface area contributed by atoms with E-state index in [1.165, 1.54) is 16.9 Å². The molecule has 23 heavy (non-hydrogen) atoms. The van der Waals surface area contributed by atoms with Gasteiger partial charge in [-0.15, -0.1) is 0 Å². The molecule has 0 atom stereocenters. The van der Waals surface area contributed by atoms with Crippen LogP contribution in [0, 0.1) is 24.0 Å². The lowest BCUT2D eigenvalue weighted by Gasteiger charge is -2.01. The molecule has 2 aromatic carbocycles. The third-order valence-corrected chi connectivity index (χ3v) is 5.00. The molecule has 0 amide bonds. The number of nitro groups is 1. The Morgan fingerprint density at radius 2 is 1.87 bits per heavy atom. The van der Waals surface area contributed by atoms with E-state index in [1.54, 1.807) is 18.2 Å². The van der Waals surface area contributed by atoms with Crippen LogP contribution in [0.15, 0.2) is 42.5 Å². The Balaban J connectivity index is 1.95. The second-order valence-electron chi connectivity index (χ2n) is 5.54. The van der Waals surface area contributed by atoms with Crippen LogP contribution < -0.4 is 0 Å². The van der Waals surface area contributed by atoms with Crippen molar-refractivity contribution in [2.45, 2.75) is 13.8 Å². The number of rotatable bonds is 2. The van der Waals surface area contributed by atoms with Crippen LogP contribution in [-0.2, 0) is 0 Å². The Labute approximate surface area is 136 Å². The lowest BCUT2D eigenvalue weighted by Crippen LogP contribution is -1.89. The first kappa shape index (κ1) is 13.9. The SMILES string of the molecule is Cc1ccc(-c2nc3sc4cc([N+](=O)[O-])ccc4n3c2C)cc1. The van der Waals surface area contributed by atoms with Gasteiger partial charge in [-0.05, 0) is 19.9 Å². The summed E-state index contributed by atoms with van der Waals surface area (Å²) in [6.45, 7) is 4.09. The molecule has 0 bridgehead atoms. The zero-order valence-corrected chi connectivity index (χ0v) is 13.4. The number of hydrogen-bond donors (Lipinski definition) is 0. The summed E-state index contributed by atoms with van der Waals surface area (Å²) in [6.07, 6.45) is 0. The molecule has 0 aliphatic heterocycles. The maximum Gasteiger partial charge on any atom is 0.270 e. The third kappa shape index (κ3) is 2.10. The van der Waals surface area contributed by atoms with Gasteiger partial charge in [0, 0.05) is 23.4 Å². The molecule has 0 aliphatic rings. The number of aryl methyl sites for hydroxylation is 2. The highest BCUT2D eigenvalue weighted by Gasteiger charge is 2.17. The van der Waals surface area contributed by atoms with Crippen molar-refractivity contribution in [2.75, 3.05) is 0 Å². The van der Waals surface area contributed by atoms with Gasteiger partial charge in [0.05, 0.1) is 20.8 Å². The number of nitro benzene ring substituents is 1. The molecule has 0 spiro atoms. The quantitative estimate of drug-likeness (QED) is 0.395. The first-order valence-electron chi connectivity index (χ1n) is 7.17. The van der Waals surface area contributed by atoms with Gasteiger partial charge in [0.25, 0.3) is 5.69 Å². The van der Waals surface area contributed by atoms with E-state index in [0.717, 1.165) is 32.1 Å². The molecule has 5 nitrogen and oxygen atoms in total. The maximum absolute atomic E-state index is 10.9. The third-order valence-electron chi connectivity index (χ3n) is 4.00. The largest absolute Gasteiger partial charge is 0.287 e. The minimum absolute atomic E-state index is 0.110. The molecule has 0 fully saturated rings. The number of hydrogen-bond acceptors (Lipinski definition) is 4. The lowest BCUT2D eigenvalue weighted by atomic mass is 10.1. The number of aromatic nitrogens is 2. The van der Waals surface area contributed by atoms with Gasteiger partial charge < -0.3 is 0 Å². The van der Waals surface area contributed by atoms with Gasteiger partial charge in [0.15, 0.2) is 4.96 Å². The fourth-order valence-corrected chi connectivity index (χ4v) is 3.90. The van der Waals surface area contributed by atoms with Crippen LogP contribution in [0.5, 0.6) is 0 Å². The maximum atomic E-state index is 10.9. The Kier molecular flexibility index (Phi) is 2.96. The molecule has 2 heterocycles. The summed E-state index contributed by atoms with van der Waals surface area (Å²) in [7, 11) is 0. The molecule has 0 saturated heterocycles. The average Bonchev–Trinajstić information content (AvgIpc) is 3.04. The van der Waals surface area contributed by atoms with Crippen molar-refractivity contribution in [2.24, 2.45) is 0 Å². The van der Waals surface area contributed by atoms with E-state index in [1.807, 2.05) is 6.92 Å². The smallest absolute Gasteiger partial charge is 0.270 e. The summed E-state index contributed by atoms with van der Waals surface area (Å²) < 4.78 is 2.94. The molecule has 6 heteroatoms. The summed E-state index contributed by atoms with van der Waals surface area (Å²) in [5.41, 5.74) is 5.36. The van der Waals surface area contributed by atoms with E-state index in [2.05, 4.69) is 35.6 Å². The first-order chi connectivity index (χ1) is 11.0. The predicted octanol–water partition coefficient (Wildman–Crippen LogP) is 4.74. The highest BCUT2D eigenvalue weighted by molar-refractivity contribution is 7.23. The number of nitrogens with zero attached hydrogens (tertiary/aromatic N) is 3. The minimum atomic E-state index is -0.369. The van der Waals surface area contributed by atoms with Gasteiger partial charge in [-0.25, -0.2) is 4.98 Å². The summed E-state index contributed by atoms with van der Waals surface area (Å²) >= 11 is 1.47. The van der Waals surface area contributed by atoms with Gasteiger partial charge in [-0.3, -0.25) is 14.5 Å². The highest BCUT2D eigenvalue weighted by Crippen LogP contribution is 2.34. The number of fused-ring (bicyclic) bond motifs is 3. The van der Waals surface area contributed by atoms with E-state index in [4.69, 9.17) is 4.98 Å². The summed E-state index contributed by atoms with van der Waals surface area (Å²) in [5.74, 6) is 0. The summed E-state index contributed by atoms with van der Waals surface area (Å²) in [4.78, 5) is 16.1. The number of imidazole rings is 1. The average molecular weight is 323 g/mol. The summed E-state index contributed by atoms with van der Waals surface area (Å²) in [6, 6.07) is 13.2. The molecular formula is C17H13N3O2S. The molecule has 4 rings (SSSR count). The van der Waals surface area contributed by atoms with Gasteiger partial charge in [-0.1, -0.05) is 41.2 Å². The molecule has 0 saturated carbocycles. The Bertz CT molecular complexity index is 1060. The monoisotopic (exact) mass is 323 g/mol. The molecule has 114 valence electrons. The second-order valence-corrected chi connectivity index (χ2v) is 6.55. The predicted molar refractivity (Wildman–Crippen MR) is 92.1 cm³/mol. The lowest BCUT2D eigenvalue weighted by molar-refractivity contribution is -0.384. The molecule has 4 aromatic rings. The molecule has 2 aromatic heterocycles. The van der Waals surface area contributed by atoms with Gasteiger partial charge >= 0.3 is 0 Å². The number of non-ortho nitro benzene ring substituents is 1. The van der Waals surface area contributed by atoms with Crippen LogP contribution in [0.1, 0.15) is 11.3 Å². The Morgan fingerprint density at radius 3 is 2.57 bits per heavy atom. The van der Waals surface area contributed by atoms with Crippen LogP contribution >= 0.6 is 11.3 Å². The van der Waals surface area contributed by atoms with Crippen LogP contribution in [0.25, 0.3) is 26.4 Å². The van der Waals surface area contributed by atoms with Crippen molar-refractivity contribution < 1.29 is 4.92 Å². The van der Waals surface area contributed by atoms with Gasteiger partial charge in [-0.2, -0.15) is 0 Å². The summed E-state index contributed by atoms with van der Waals surface area (Å²) in [5, 5.41) is 10.9. The molecule has 0 radical (unpaired) electrons. The van der Waals surface area contributed by atoms with E-state index >= 15 is 0 Å². The Hall–Kier alpha value is -2.73. The van der Waals surface area contributed by atoms with E-state index in [-0.39, 0.29) is 10.6 Å². The fourth-order valence-electron chi connectivity index (χ4n) is 2.79. The highest BCUT2D eigenvalue weighted by atomic mass is 32.1. The van der Waals surface area contributed by atoms with Crippen molar-refractivity contribution in [3.8, 4) is 11.3 Å². The van der Waals surface area contributed by atoms with E-state index in [9.17, 15) is 10.1 Å². The van der Waals surface area contributed by atoms with Crippen LogP contribution in [0.3, 0.4) is 0 Å². The number of thiazole rings is 1. The van der Waals surface area contributed by atoms with Gasteiger partial charge in [0.2, 0.25) is 0 Å². The van der Waals surface area contributed by atoms with Crippen LogP contribution in [-0.4, -0.2) is 14.3 Å². The van der Waals surface area contributed by atoms with Crippen LogP contribution in [0.2, 0.25) is 0 Å². The second kappa shape index (κ2) is 4.89. The topological polar surface area (TPSA) is 60.4 Å². The van der Waals surface area contributed by atoms with Crippen molar-refractivity contribution in [3.63, 3.8) is 0 Å². The molecular weight excluding hydrogens is 310 g/mol. The van der Waals surface area contributed by atoms with Gasteiger partial charge in [0.1, 0.15) is 0 Å². The van der Waals surface area contributed by atoms with E-state index in [0.29, 0.717) is 0 Å². The normalized spacial score (nSPS) is 11.4. The first-order valence-corrected chi connectivity index (χ1v) is 7.99. The van der Waals surface area contributed by atoms with Crippen molar-refractivity contribution in [1.82, 2.24) is 9.38 Å². The van der Waals surface area contributed by atoms with Crippen molar-refractivity contribution >= 4 is 32.2 Å². The number of benzene rings is 2. The zero-order valence-electron chi connectivity index (χ0n) is 12.6. The fraction of sp³-hybridized carbons (Fsp3) is 0.118. The van der Waals surface area contributed by atoms with Crippen molar-refractivity contribution in [3.05, 3.63) is 63.8 Å². The van der Waals surface area contributed by atoms with Crippen molar-refractivity contribution in [1.29, 1.82) is 0 Å². The van der Waals surface area contributed by atoms with E-state index < -0.39 is 0 Å². The zero-order chi connectivity index (χ0) is 16.1. The molecule has 0 aliphatic carbocycles. The molecule has 0 unspecified atom stereocenters.